The zero-order valence-corrected chi connectivity index (χ0v) is 11.7. The van der Waals surface area contributed by atoms with E-state index >= 15 is 0 Å². The minimum absolute atomic E-state index is 0.0878. The van der Waals surface area contributed by atoms with Crippen LogP contribution in [0.25, 0.3) is 0 Å². The maximum Gasteiger partial charge on any atom is 0.306 e. The number of hydrogen-bond donors (Lipinski definition) is 5. The molecule has 0 amide bonds. The van der Waals surface area contributed by atoms with Gasteiger partial charge in [0, 0.05) is 6.42 Å². The van der Waals surface area contributed by atoms with Crippen LogP contribution >= 0.6 is 0 Å². The van der Waals surface area contributed by atoms with Crippen molar-refractivity contribution in [1.82, 2.24) is 0 Å². The minimum Gasteiger partial charge on any atom is -0.481 e. The predicted octanol–water partition coefficient (Wildman–Crippen LogP) is -3.21. The Labute approximate surface area is 121 Å². The molecule has 0 bridgehead atoms. The summed E-state index contributed by atoms with van der Waals surface area (Å²) in [7, 11) is 1.64. The van der Waals surface area contributed by atoms with Crippen LogP contribution in [0.15, 0.2) is 0 Å². The van der Waals surface area contributed by atoms with Crippen molar-refractivity contribution in [1.29, 1.82) is 0 Å². The zero-order valence-electron chi connectivity index (χ0n) is 11.7. The fourth-order valence-corrected chi connectivity index (χ4v) is 2.14. The van der Waals surface area contributed by atoms with Gasteiger partial charge in [0.05, 0.1) is 32.6 Å². The molecule has 1 aliphatic rings. The quantitative estimate of drug-likeness (QED) is 0.308. The molecule has 1 fully saturated rings. The molecular weight excluding hydrogens is 286 g/mol. The normalized spacial score (nSPS) is 32.7. The number of rotatable bonds is 7. The van der Waals surface area contributed by atoms with Crippen molar-refractivity contribution in [3.05, 3.63) is 0 Å². The summed E-state index contributed by atoms with van der Waals surface area (Å²) in [5.74, 6) is -1.75. The van der Waals surface area contributed by atoms with Crippen molar-refractivity contribution in [3.8, 4) is 0 Å². The lowest BCUT2D eigenvalue weighted by Crippen LogP contribution is -2.94. The van der Waals surface area contributed by atoms with Gasteiger partial charge in [-0.15, -0.1) is 0 Å². The number of carboxylic acids is 1. The second kappa shape index (κ2) is 8.25. The molecule has 1 saturated heterocycles. The van der Waals surface area contributed by atoms with Gasteiger partial charge in [-0.1, -0.05) is 0 Å². The number of carbonyl (C=O) groups excluding carboxylic acids is 1. The fraction of sp³-hybridized carbons (Fsp3) is 0.833. The van der Waals surface area contributed by atoms with Gasteiger partial charge in [0.15, 0.2) is 6.04 Å². The number of esters is 1. The number of ether oxygens (including phenoxy) is 2. The number of hydrogen-bond acceptors (Lipinski definition) is 7. The summed E-state index contributed by atoms with van der Waals surface area (Å²) in [6, 6.07) is -0.686. The Bertz CT molecular complexity index is 363. The highest BCUT2D eigenvalue weighted by Gasteiger charge is 2.45. The van der Waals surface area contributed by atoms with Crippen LogP contribution in [0.1, 0.15) is 19.3 Å². The second-order valence-corrected chi connectivity index (χ2v) is 4.86. The molecule has 6 N–H and O–H groups in total. The number of aliphatic hydroxyl groups is 3. The van der Waals surface area contributed by atoms with E-state index in [2.05, 4.69) is 0 Å². The van der Waals surface area contributed by atoms with Crippen molar-refractivity contribution in [2.45, 2.75) is 49.9 Å². The molecule has 9 nitrogen and oxygen atoms in total. The van der Waals surface area contributed by atoms with E-state index in [0.29, 0.717) is 0 Å². The van der Waals surface area contributed by atoms with Crippen LogP contribution in [0, 0.1) is 0 Å². The average Bonchev–Trinajstić information content (AvgIpc) is 2.42. The molecule has 5 atom stereocenters. The van der Waals surface area contributed by atoms with Gasteiger partial charge in [-0.3, -0.25) is 9.59 Å². The Morgan fingerprint density at radius 1 is 1.19 bits per heavy atom. The van der Waals surface area contributed by atoms with E-state index in [9.17, 15) is 24.9 Å². The maximum absolute atomic E-state index is 11.2. The number of aliphatic carboxylic acids is 1. The van der Waals surface area contributed by atoms with E-state index in [1.165, 1.54) is 0 Å². The molecule has 0 aromatic rings. The Morgan fingerprint density at radius 2 is 1.86 bits per heavy atom. The Kier molecular flexibility index (Phi) is 6.99. The number of likely N-dealkylation sites (N-methyl/N-ethyl adjacent to an activating group) is 1. The van der Waals surface area contributed by atoms with E-state index in [1.807, 2.05) is 0 Å². The smallest absolute Gasteiger partial charge is 0.306 e. The SMILES string of the molecule is C[NH2+]C1[C@H](O)OC(CCOC(=O)CCC(=O)O)[C@@H](O)[C@H]1O. The lowest BCUT2D eigenvalue weighted by Gasteiger charge is -2.38. The highest BCUT2D eigenvalue weighted by molar-refractivity contribution is 5.76. The summed E-state index contributed by atoms with van der Waals surface area (Å²) in [6.45, 7) is -0.0971. The van der Waals surface area contributed by atoms with Crippen LogP contribution in [0.2, 0.25) is 0 Å². The van der Waals surface area contributed by atoms with Crippen LogP contribution in [-0.2, 0) is 19.1 Å². The Balaban J connectivity index is 2.35. The number of nitrogens with two attached hydrogens (primary N) is 1. The molecule has 0 aromatic heterocycles. The van der Waals surface area contributed by atoms with Crippen molar-refractivity contribution >= 4 is 11.9 Å². The summed E-state index contributed by atoms with van der Waals surface area (Å²) in [4.78, 5) is 21.5. The van der Waals surface area contributed by atoms with Crippen LogP contribution in [-0.4, -0.2) is 76.7 Å². The van der Waals surface area contributed by atoms with E-state index in [1.54, 1.807) is 12.4 Å². The molecule has 0 aromatic carbocycles. The molecule has 1 heterocycles. The highest BCUT2D eigenvalue weighted by Crippen LogP contribution is 2.20. The maximum atomic E-state index is 11.2. The topological polar surface area (TPSA) is 150 Å². The van der Waals surface area contributed by atoms with Gasteiger partial charge in [-0.25, -0.2) is 0 Å². The molecule has 0 saturated carbocycles. The first-order valence-electron chi connectivity index (χ1n) is 6.73. The third kappa shape index (κ3) is 5.21. The largest absolute Gasteiger partial charge is 0.481 e. The van der Waals surface area contributed by atoms with Crippen LogP contribution in [0.4, 0.5) is 0 Å². The standard InChI is InChI=1S/C12H21NO8/c1-13-9-11(18)10(17)6(21-12(9)19)4-5-20-8(16)3-2-7(14)15/h6,9-13,17-19H,2-5H2,1H3,(H,14,15)/p+1/t6?,9?,10-,11+,12-/m1/s1. The monoisotopic (exact) mass is 308 g/mol. The lowest BCUT2D eigenvalue weighted by molar-refractivity contribution is -0.694. The molecule has 1 aliphatic heterocycles. The van der Waals surface area contributed by atoms with Gasteiger partial charge in [0.25, 0.3) is 0 Å². The predicted molar refractivity (Wildman–Crippen MR) is 67.0 cm³/mol. The lowest BCUT2D eigenvalue weighted by atomic mass is 9.95. The van der Waals surface area contributed by atoms with Crippen molar-refractivity contribution in [2.24, 2.45) is 0 Å². The van der Waals surface area contributed by atoms with Crippen LogP contribution in [0.5, 0.6) is 0 Å². The van der Waals surface area contributed by atoms with Gasteiger partial charge in [0.2, 0.25) is 6.29 Å². The van der Waals surface area contributed by atoms with E-state index in [-0.39, 0.29) is 25.9 Å². The number of carbonyl (C=O) groups is 2. The van der Waals surface area contributed by atoms with E-state index < -0.39 is 42.6 Å². The first-order valence-corrected chi connectivity index (χ1v) is 6.73. The molecule has 2 unspecified atom stereocenters. The second-order valence-electron chi connectivity index (χ2n) is 4.86. The van der Waals surface area contributed by atoms with Gasteiger partial charge in [-0.2, -0.15) is 0 Å². The molecule has 1 rings (SSSR count). The Hall–Kier alpha value is -1.26. The van der Waals surface area contributed by atoms with E-state index in [4.69, 9.17) is 14.6 Å². The first kappa shape index (κ1) is 17.8. The molecular formula is C12H22NO8+. The van der Waals surface area contributed by atoms with Crippen LogP contribution in [0.3, 0.4) is 0 Å². The third-order valence-corrected chi connectivity index (χ3v) is 3.36. The number of carboxylic acid groups (broad SMARTS) is 1. The fourth-order valence-electron chi connectivity index (χ4n) is 2.14. The first-order chi connectivity index (χ1) is 9.86. The zero-order chi connectivity index (χ0) is 16.0. The Morgan fingerprint density at radius 3 is 2.43 bits per heavy atom. The molecule has 9 heteroatoms. The number of quaternary nitrogens is 1. The van der Waals surface area contributed by atoms with Crippen molar-refractivity contribution in [3.63, 3.8) is 0 Å². The minimum atomic E-state index is -1.24. The average molecular weight is 308 g/mol. The summed E-state index contributed by atoms with van der Waals surface area (Å²) >= 11 is 0. The third-order valence-electron chi connectivity index (χ3n) is 3.36. The molecule has 21 heavy (non-hydrogen) atoms. The molecule has 0 aliphatic carbocycles. The molecule has 0 spiro atoms. The van der Waals surface area contributed by atoms with Gasteiger partial charge < -0.3 is 35.2 Å². The summed E-state index contributed by atoms with van der Waals surface area (Å²) in [6.07, 6.45) is -4.92. The molecule has 122 valence electrons. The summed E-state index contributed by atoms with van der Waals surface area (Å²) in [5, 5.41) is 39.4. The van der Waals surface area contributed by atoms with Gasteiger partial charge in [0.1, 0.15) is 12.2 Å². The van der Waals surface area contributed by atoms with Crippen molar-refractivity contribution < 1.29 is 44.8 Å². The van der Waals surface area contributed by atoms with Gasteiger partial charge in [-0.05, 0) is 0 Å². The van der Waals surface area contributed by atoms with Gasteiger partial charge >= 0.3 is 11.9 Å². The van der Waals surface area contributed by atoms with Crippen LogP contribution < -0.4 is 5.32 Å². The summed E-state index contributed by atoms with van der Waals surface area (Å²) in [5.41, 5.74) is 0. The summed E-state index contributed by atoms with van der Waals surface area (Å²) < 4.78 is 9.98. The molecule has 0 radical (unpaired) electrons. The highest BCUT2D eigenvalue weighted by atomic mass is 16.6. The number of aliphatic hydroxyl groups excluding tert-OH is 3. The van der Waals surface area contributed by atoms with E-state index in [0.717, 1.165) is 0 Å². The van der Waals surface area contributed by atoms with Crippen molar-refractivity contribution in [2.75, 3.05) is 13.7 Å².